The van der Waals surface area contributed by atoms with Crippen LogP contribution in [0.5, 0.6) is 11.6 Å². The Balaban J connectivity index is 1.15. The highest BCUT2D eigenvalue weighted by atomic mass is 32.2. The molecule has 0 saturated heterocycles. The number of hydrogen-bond acceptors (Lipinski definition) is 11. The van der Waals surface area contributed by atoms with E-state index in [1.54, 1.807) is 19.1 Å². The van der Waals surface area contributed by atoms with E-state index in [1.807, 2.05) is 31.2 Å². The van der Waals surface area contributed by atoms with Crippen molar-refractivity contribution in [2.75, 3.05) is 6.79 Å². The third-order valence-corrected chi connectivity index (χ3v) is 9.95. The van der Waals surface area contributed by atoms with Crippen molar-refractivity contribution in [2.24, 2.45) is 11.8 Å². The van der Waals surface area contributed by atoms with Crippen LogP contribution in [0.3, 0.4) is 0 Å². The van der Waals surface area contributed by atoms with Crippen molar-refractivity contribution < 1.29 is 47.2 Å². The lowest BCUT2D eigenvalue weighted by Gasteiger charge is -2.19. The fraction of sp³-hybridized carbons (Fsp3) is 0.424. The van der Waals surface area contributed by atoms with Gasteiger partial charge in [0.15, 0.2) is 0 Å². The molecule has 1 aliphatic heterocycles. The molecule has 46 heavy (non-hydrogen) atoms. The number of aliphatic hydroxyl groups excluding tert-OH is 2. The second-order valence-corrected chi connectivity index (χ2v) is 13.2. The van der Waals surface area contributed by atoms with E-state index < -0.39 is 45.7 Å². The molecule has 2 aromatic carbocycles. The Kier molecular flexibility index (Phi) is 10.3. The van der Waals surface area contributed by atoms with Gasteiger partial charge in [-0.1, -0.05) is 55.5 Å². The van der Waals surface area contributed by atoms with Crippen LogP contribution in [-0.2, 0) is 25.8 Å². The number of nitrogens with zero attached hydrogens (tertiary/aromatic N) is 2. The molecule has 3 aromatic rings. The summed E-state index contributed by atoms with van der Waals surface area (Å²) in [5.41, 5.74) is 1.91. The monoisotopic (exact) mass is 652 g/mol. The third kappa shape index (κ3) is 7.04. The molecule has 1 saturated carbocycles. The number of sulfone groups is 1. The highest BCUT2D eigenvalue weighted by Crippen LogP contribution is 2.52. The van der Waals surface area contributed by atoms with Crippen LogP contribution in [0.2, 0.25) is 0 Å². The summed E-state index contributed by atoms with van der Waals surface area (Å²) in [5, 5.41) is 35.9. The molecule has 0 spiro atoms. The lowest BCUT2D eigenvalue weighted by Crippen LogP contribution is -2.27. The minimum atomic E-state index is -4.21. The van der Waals surface area contributed by atoms with Gasteiger partial charge in [-0.05, 0) is 48.3 Å². The van der Waals surface area contributed by atoms with Crippen molar-refractivity contribution >= 4 is 15.8 Å². The molecule has 2 heterocycles. The summed E-state index contributed by atoms with van der Waals surface area (Å²) in [5.74, 6) is 4.93. The molecule has 13 heteroatoms. The fourth-order valence-corrected chi connectivity index (χ4v) is 7.08. The molecule has 1 unspecified atom stereocenters. The molecule has 0 amide bonds. The number of fused-ring (bicyclic) bond motifs is 3. The van der Waals surface area contributed by atoms with Crippen molar-refractivity contribution in [1.29, 1.82) is 0 Å². The zero-order valence-corrected chi connectivity index (χ0v) is 26.3. The summed E-state index contributed by atoms with van der Waals surface area (Å²) in [6.07, 6.45) is 4.20. The molecule has 244 valence electrons. The molecule has 0 bridgehead atoms. The van der Waals surface area contributed by atoms with Crippen LogP contribution in [-0.4, -0.2) is 54.9 Å². The number of carbonyl (C=O) groups excluding carboxylic acids is 1. The number of benzene rings is 2. The van der Waals surface area contributed by atoms with Crippen LogP contribution >= 0.6 is 0 Å². The summed E-state index contributed by atoms with van der Waals surface area (Å²) in [7, 11) is -4.21. The first kappa shape index (κ1) is 33.0. The SMILES string of the molecule is CC#CCC(C)[C@@H](O)/C=C/[C@H]1[C@@H]2c3cccc(CCCC(=O)OCOc4c(S(=O)(=O)c5ccccc5)no[n+]4[O-])c3O[C@@H]2C[C@@H]1O. The highest BCUT2D eigenvalue weighted by Gasteiger charge is 2.49. The fourth-order valence-electron chi connectivity index (χ4n) is 5.85. The Morgan fingerprint density at radius 2 is 2.02 bits per heavy atom. The number of rotatable bonds is 13. The first-order valence-corrected chi connectivity index (χ1v) is 16.5. The number of carbonyl (C=O) groups is 1. The minimum Gasteiger partial charge on any atom is -0.489 e. The first-order chi connectivity index (χ1) is 22.1. The average Bonchev–Trinajstić information content (AvgIpc) is 3.70. The van der Waals surface area contributed by atoms with Gasteiger partial charge in [-0.2, -0.15) is 0 Å². The quantitative estimate of drug-likeness (QED) is 0.0913. The highest BCUT2D eigenvalue weighted by molar-refractivity contribution is 7.91. The van der Waals surface area contributed by atoms with E-state index >= 15 is 0 Å². The minimum absolute atomic E-state index is 0.0264. The molecule has 2 aliphatic rings. The lowest BCUT2D eigenvalue weighted by molar-refractivity contribution is -0.805. The number of hydrogen-bond donors (Lipinski definition) is 2. The maximum absolute atomic E-state index is 12.8. The van der Waals surface area contributed by atoms with E-state index in [9.17, 15) is 28.6 Å². The van der Waals surface area contributed by atoms with Gasteiger partial charge in [0.1, 0.15) is 11.9 Å². The zero-order chi connectivity index (χ0) is 32.8. The van der Waals surface area contributed by atoms with E-state index in [2.05, 4.69) is 21.6 Å². The third-order valence-electron chi connectivity index (χ3n) is 8.30. The molecule has 1 aliphatic carbocycles. The van der Waals surface area contributed by atoms with Crippen LogP contribution in [0.1, 0.15) is 56.6 Å². The topological polar surface area (TPSA) is 172 Å². The number of para-hydroxylation sites is 1. The van der Waals surface area contributed by atoms with E-state index in [0.29, 0.717) is 25.7 Å². The predicted octanol–water partition coefficient (Wildman–Crippen LogP) is 3.24. The summed E-state index contributed by atoms with van der Waals surface area (Å²) >= 11 is 0. The normalized spacial score (nSPS) is 21.5. The van der Waals surface area contributed by atoms with Gasteiger partial charge in [0.2, 0.25) is 6.79 Å². The second-order valence-electron chi connectivity index (χ2n) is 11.4. The van der Waals surface area contributed by atoms with E-state index in [-0.39, 0.29) is 40.1 Å². The van der Waals surface area contributed by atoms with E-state index in [1.165, 1.54) is 24.3 Å². The van der Waals surface area contributed by atoms with Gasteiger partial charge in [0.05, 0.1) is 22.3 Å². The summed E-state index contributed by atoms with van der Waals surface area (Å²) in [4.78, 5) is 12.1. The van der Waals surface area contributed by atoms with Crippen LogP contribution in [0.25, 0.3) is 0 Å². The van der Waals surface area contributed by atoms with Crippen molar-refractivity contribution in [3.63, 3.8) is 0 Å². The standard InChI is InChI=1S/C33H36N2O10S/c1-3-4-10-21(2)26(36)18-17-24-27(37)19-28-30(24)25-15-8-11-22(31(25)44-28)12-9-16-29(38)42-20-43-33-32(34-45-35(33)39)46(40,41)23-13-6-5-7-14-23/h5-8,11,13-15,17-18,21,24,26-28,30,36-37H,9-10,12,16,19-20H2,1-2H3/b18-17+/t21?,24-,26+,27+,28-,30-/m1/s1. The summed E-state index contributed by atoms with van der Waals surface area (Å²) < 4.78 is 46.6. The number of esters is 1. The van der Waals surface area contributed by atoms with Crippen molar-refractivity contribution in [1.82, 2.24) is 5.16 Å². The second kappa shape index (κ2) is 14.4. The number of aryl methyl sites for hydroxylation is 1. The smallest absolute Gasteiger partial charge is 0.395 e. The maximum atomic E-state index is 12.8. The van der Waals surface area contributed by atoms with Crippen LogP contribution in [0, 0.1) is 28.9 Å². The van der Waals surface area contributed by atoms with Gasteiger partial charge in [0, 0.05) is 36.7 Å². The maximum Gasteiger partial charge on any atom is 0.395 e. The van der Waals surface area contributed by atoms with E-state index in [4.69, 9.17) is 14.2 Å². The van der Waals surface area contributed by atoms with Crippen LogP contribution in [0.4, 0.5) is 0 Å². The van der Waals surface area contributed by atoms with Crippen LogP contribution < -0.4 is 14.4 Å². The summed E-state index contributed by atoms with van der Waals surface area (Å²) in [6.45, 7) is 2.98. The molecule has 1 fully saturated rings. The van der Waals surface area contributed by atoms with Gasteiger partial charge in [0.25, 0.3) is 9.84 Å². The van der Waals surface area contributed by atoms with Crippen molar-refractivity contribution in [3.8, 4) is 23.5 Å². The molecule has 2 N–H and O–H groups in total. The van der Waals surface area contributed by atoms with Crippen molar-refractivity contribution in [3.05, 3.63) is 77.0 Å². The average molecular weight is 653 g/mol. The Hall–Kier alpha value is -4.38. The molecule has 1 aromatic heterocycles. The predicted molar refractivity (Wildman–Crippen MR) is 162 cm³/mol. The van der Waals surface area contributed by atoms with Gasteiger partial charge >= 0.3 is 16.9 Å². The number of aromatic nitrogens is 2. The molecule has 12 nitrogen and oxygen atoms in total. The first-order valence-electron chi connectivity index (χ1n) is 15.0. The molecular weight excluding hydrogens is 616 g/mol. The summed E-state index contributed by atoms with van der Waals surface area (Å²) in [6, 6.07) is 13.2. The molecular formula is C33H36N2O10S. The van der Waals surface area contributed by atoms with Gasteiger partial charge in [-0.25, -0.2) is 8.42 Å². The molecule has 0 radical (unpaired) electrons. The zero-order valence-electron chi connectivity index (χ0n) is 25.4. The van der Waals surface area contributed by atoms with Gasteiger partial charge < -0.3 is 29.6 Å². The van der Waals surface area contributed by atoms with Gasteiger partial charge in [-0.3, -0.25) is 9.42 Å². The Morgan fingerprint density at radius 1 is 1.24 bits per heavy atom. The van der Waals surface area contributed by atoms with Crippen molar-refractivity contribution in [2.45, 2.75) is 80.1 Å². The molecule has 6 atom stereocenters. The Bertz CT molecular complexity index is 1730. The largest absolute Gasteiger partial charge is 0.489 e. The molecule has 5 rings (SSSR count). The Labute approximate surface area is 267 Å². The Morgan fingerprint density at radius 3 is 2.78 bits per heavy atom. The number of aliphatic hydroxyl groups is 2. The van der Waals surface area contributed by atoms with Gasteiger partial charge in [-0.15, -0.1) is 11.8 Å². The van der Waals surface area contributed by atoms with Crippen LogP contribution in [0.15, 0.2) is 75.2 Å². The lowest BCUT2D eigenvalue weighted by atomic mass is 9.86. The number of ether oxygens (including phenoxy) is 3. The van der Waals surface area contributed by atoms with E-state index in [0.717, 1.165) is 16.9 Å².